The fourth-order valence-corrected chi connectivity index (χ4v) is 4.84. The zero-order chi connectivity index (χ0) is 20.3. The average molecular weight is 387 g/mol. The van der Waals surface area contributed by atoms with E-state index in [9.17, 15) is 0 Å². The molecule has 0 atom stereocenters. The molecule has 2 aromatic carbocycles. The molecule has 0 amide bonds. The van der Waals surface area contributed by atoms with Crippen LogP contribution in [0.5, 0.6) is 0 Å². The summed E-state index contributed by atoms with van der Waals surface area (Å²) in [6, 6.07) is 23.7. The summed E-state index contributed by atoms with van der Waals surface area (Å²) in [4.78, 5) is 9.02. The highest BCUT2D eigenvalue weighted by Crippen LogP contribution is 2.51. The van der Waals surface area contributed by atoms with Crippen molar-refractivity contribution in [2.45, 2.75) is 19.3 Å². The lowest BCUT2D eigenvalue weighted by atomic mass is 9.82. The molecular formula is C27H21N3. The lowest BCUT2D eigenvalue weighted by molar-refractivity contribution is 0.661. The summed E-state index contributed by atoms with van der Waals surface area (Å²) < 4.78 is 2.22. The first kappa shape index (κ1) is 17.2. The largest absolute Gasteiger partial charge is 0.301 e. The zero-order valence-electron chi connectivity index (χ0n) is 17.0. The van der Waals surface area contributed by atoms with Crippen molar-refractivity contribution >= 4 is 10.9 Å². The summed E-state index contributed by atoms with van der Waals surface area (Å²) >= 11 is 0. The van der Waals surface area contributed by atoms with Crippen LogP contribution in [0.4, 0.5) is 0 Å². The number of benzene rings is 2. The molecular weight excluding hydrogens is 366 g/mol. The van der Waals surface area contributed by atoms with E-state index in [2.05, 4.69) is 90.3 Å². The highest BCUT2D eigenvalue weighted by molar-refractivity contribution is 6.01. The SMILES string of the molecule is CC1(C)c2ccccc2-c2c1ccc1ccn(-c3ccc(-c4cccnc4)cn3)c21. The summed E-state index contributed by atoms with van der Waals surface area (Å²) in [6.45, 7) is 4.63. The van der Waals surface area contributed by atoms with E-state index in [-0.39, 0.29) is 5.41 Å². The van der Waals surface area contributed by atoms with E-state index < -0.39 is 0 Å². The second-order valence-electron chi connectivity index (χ2n) is 8.43. The molecule has 3 heterocycles. The number of pyridine rings is 2. The van der Waals surface area contributed by atoms with Crippen molar-refractivity contribution in [3.8, 4) is 28.1 Å². The summed E-state index contributed by atoms with van der Waals surface area (Å²) in [6.07, 6.45) is 7.72. The van der Waals surface area contributed by atoms with Gasteiger partial charge >= 0.3 is 0 Å². The number of aromatic nitrogens is 3. The minimum atomic E-state index is -0.00713. The molecule has 0 aliphatic heterocycles. The van der Waals surface area contributed by atoms with Crippen LogP contribution in [0.15, 0.2) is 91.5 Å². The number of rotatable bonds is 2. The van der Waals surface area contributed by atoms with Gasteiger partial charge in [-0.1, -0.05) is 56.3 Å². The smallest absolute Gasteiger partial charge is 0.137 e. The van der Waals surface area contributed by atoms with E-state index in [1.54, 1.807) is 6.20 Å². The van der Waals surface area contributed by atoms with Gasteiger partial charge < -0.3 is 4.57 Å². The van der Waals surface area contributed by atoms with Gasteiger partial charge in [0, 0.05) is 52.3 Å². The van der Waals surface area contributed by atoms with Gasteiger partial charge in [0.1, 0.15) is 5.82 Å². The molecule has 144 valence electrons. The second-order valence-corrected chi connectivity index (χ2v) is 8.43. The summed E-state index contributed by atoms with van der Waals surface area (Å²) in [7, 11) is 0. The molecule has 5 aromatic rings. The monoisotopic (exact) mass is 387 g/mol. The zero-order valence-corrected chi connectivity index (χ0v) is 17.0. The average Bonchev–Trinajstić information content (AvgIpc) is 3.32. The quantitative estimate of drug-likeness (QED) is 0.351. The van der Waals surface area contributed by atoms with Crippen LogP contribution >= 0.6 is 0 Å². The van der Waals surface area contributed by atoms with Crippen molar-refractivity contribution < 1.29 is 0 Å². The van der Waals surface area contributed by atoms with Crippen LogP contribution in [0, 0.1) is 0 Å². The van der Waals surface area contributed by atoms with Crippen molar-refractivity contribution in [1.82, 2.24) is 14.5 Å². The molecule has 3 heteroatoms. The Balaban J connectivity index is 1.56. The minimum Gasteiger partial charge on any atom is -0.301 e. The van der Waals surface area contributed by atoms with E-state index in [0.717, 1.165) is 16.9 Å². The Kier molecular flexibility index (Phi) is 3.51. The maximum atomic E-state index is 4.80. The highest BCUT2D eigenvalue weighted by atomic mass is 15.0. The number of hydrogen-bond acceptors (Lipinski definition) is 2. The molecule has 0 spiro atoms. The fourth-order valence-electron chi connectivity index (χ4n) is 4.84. The van der Waals surface area contributed by atoms with Gasteiger partial charge in [-0.05, 0) is 41.0 Å². The molecule has 1 aliphatic carbocycles. The van der Waals surface area contributed by atoms with Crippen molar-refractivity contribution in [3.63, 3.8) is 0 Å². The molecule has 30 heavy (non-hydrogen) atoms. The molecule has 0 radical (unpaired) electrons. The van der Waals surface area contributed by atoms with Crippen LogP contribution in [0.2, 0.25) is 0 Å². The minimum absolute atomic E-state index is 0.00713. The van der Waals surface area contributed by atoms with Gasteiger partial charge in [-0.2, -0.15) is 0 Å². The Morgan fingerprint density at radius 1 is 0.767 bits per heavy atom. The Labute approximate surface area is 175 Å². The van der Waals surface area contributed by atoms with Crippen LogP contribution < -0.4 is 0 Å². The fraction of sp³-hybridized carbons (Fsp3) is 0.111. The molecule has 0 bridgehead atoms. The Morgan fingerprint density at radius 3 is 2.43 bits per heavy atom. The molecule has 0 saturated carbocycles. The molecule has 0 saturated heterocycles. The van der Waals surface area contributed by atoms with Gasteiger partial charge in [0.25, 0.3) is 0 Å². The van der Waals surface area contributed by atoms with Crippen molar-refractivity contribution in [2.24, 2.45) is 0 Å². The molecule has 1 aliphatic rings. The van der Waals surface area contributed by atoms with Gasteiger partial charge in [0.15, 0.2) is 0 Å². The van der Waals surface area contributed by atoms with Gasteiger partial charge in [0.2, 0.25) is 0 Å². The van der Waals surface area contributed by atoms with Crippen molar-refractivity contribution in [1.29, 1.82) is 0 Å². The maximum absolute atomic E-state index is 4.80. The Morgan fingerprint density at radius 2 is 1.63 bits per heavy atom. The van der Waals surface area contributed by atoms with Crippen LogP contribution in [0.1, 0.15) is 25.0 Å². The van der Waals surface area contributed by atoms with E-state index in [1.165, 1.54) is 33.2 Å². The first-order valence-electron chi connectivity index (χ1n) is 10.3. The molecule has 0 fully saturated rings. The van der Waals surface area contributed by atoms with Crippen molar-refractivity contribution in [2.75, 3.05) is 0 Å². The number of hydrogen-bond donors (Lipinski definition) is 0. The van der Waals surface area contributed by atoms with E-state index in [0.29, 0.717) is 0 Å². The Bertz CT molecular complexity index is 1390. The van der Waals surface area contributed by atoms with E-state index >= 15 is 0 Å². The lowest BCUT2D eigenvalue weighted by Gasteiger charge is -2.21. The van der Waals surface area contributed by atoms with Gasteiger partial charge in [0.05, 0.1) is 5.52 Å². The van der Waals surface area contributed by atoms with E-state index in [1.807, 2.05) is 18.5 Å². The van der Waals surface area contributed by atoms with Gasteiger partial charge in [-0.25, -0.2) is 4.98 Å². The van der Waals surface area contributed by atoms with E-state index in [4.69, 9.17) is 4.98 Å². The normalized spacial score (nSPS) is 13.9. The lowest BCUT2D eigenvalue weighted by Crippen LogP contribution is -2.14. The predicted octanol–water partition coefficient (Wildman–Crippen LogP) is 6.39. The molecule has 6 rings (SSSR count). The van der Waals surface area contributed by atoms with Crippen LogP contribution in [-0.2, 0) is 5.41 Å². The van der Waals surface area contributed by atoms with Gasteiger partial charge in [-0.15, -0.1) is 0 Å². The molecule has 3 aromatic heterocycles. The molecule has 0 N–H and O–H groups in total. The van der Waals surface area contributed by atoms with Gasteiger partial charge in [-0.3, -0.25) is 4.98 Å². The summed E-state index contributed by atoms with van der Waals surface area (Å²) in [5.41, 5.74) is 8.79. The second kappa shape index (κ2) is 6.14. The highest BCUT2D eigenvalue weighted by Gasteiger charge is 2.36. The summed E-state index contributed by atoms with van der Waals surface area (Å²) in [5.74, 6) is 0.924. The number of fused-ring (bicyclic) bond motifs is 5. The Hall–Kier alpha value is -3.72. The standard InChI is InChI=1S/C27H21N3/c1-27(2)22-8-4-3-7-21(22)25-23(27)11-9-18-13-15-30(26(18)25)24-12-10-20(17-29-24)19-6-5-14-28-16-19/h3-17H,1-2H3. The third kappa shape index (κ3) is 2.32. The first-order chi connectivity index (χ1) is 14.6. The van der Waals surface area contributed by atoms with Crippen LogP contribution in [0.3, 0.4) is 0 Å². The maximum Gasteiger partial charge on any atom is 0.137 e. The first-order valence-corrected chi connectivity index (χ1v) is 10.3. The third-order valence-electron chi connectivity index (χ3n) is 6.39. The number of nitrogens with zero attached hydrogens (tertiary/aromatic N) is 3. The molecule has 0 unspecified atom stereocenters. The van der Waals surface area contributed by atoms with Crippen molar-refractivity contribution in [3.05, 3.63) is 103 Å². The molecule has 3 nitrogen and oxygen atoms in total. The predicted molar refractivity (Wildman–Crippen MR) is 122 cm³/mol. The third-order valence-corrected chi connectivity index (χ3v) is 6.39. The summed E-state index contributed by atoms with van der Waals surface area (Å²) in [5, 5.41) is 1.24. The van der Waals surface area contributed by atoms with Crippen LogP contribution in [0.25, 0.3) is 39.0 Å². The van der Waals surface area contributed by atoms with Crippen LogP contribution in [-0.4, -0.2) is 14.5 Å². The topological polar surface area (TPSA) is 30.7 Å².